The fraction of sp³-hybridized carbons (Fsp3) is 0.227. The minimum absolute atomic E-state index is 0.0454. The van der Waals surface area contributed by atoms with Crippen molar-refractivity contribution in [2.45, 2.75) is 6.92 Å². The van der Waals surface area contributed by atoms with Crippen LogP contribution in [-0.4, -0.2) is 42.1 Å². The molecule has 3 aromatic rings. The van der Waals surface area contributed by atoms with Crippen LogP contribution in [0.5, 0.6) is 0 Å². The van der Waals surface area contributed by atoms with Gasteiger partial charge in [0.1, 0.15) is 5.82 Å². The molecule has 2 heterocycles. The van der Waals surface area contributed by atoms with Crippen LogP contribution in [0.3, 0.4) is 0 Å². The average molecular weight is 389 g/mol. The number of Topliss-reactive ketones (excluding diaryl/α,β-unsaturated/α-hetero) is 1. The highest BCUT2D eigenvalue weighted by molar-refractivity contribution is 5.94. The van der Waals surface area contributed by atoms with Gasteiger partial charge in [0.25, 0.3) is 0 Å². The van der Waals surface area contributed by atoms with Crippen LogP contribution >= 0.6 is 0 Å². The van der Waals surface area contributed by atoms with Gasteiger partial charge in [0, 0.05) is 30.5 Å². The summed E-state index contributed by atoms with van der Waals surface area (Å²) in [4.78, 5) is 22.6. The number of hydrogen-bond donors (Lipinski definition) is 2. The molecule has 0 spiro atoms. The molecule has 0 amide bonds. The zero-order valence-electron chi connectivity index (χ0n) is 16.3. The van der Waals surface area contributed by atoms with Gasteiger partial charge in [-0.05, 0) is 49.4 Å². The number of ketones is 1. The van der Waals surface area contributed by atoms with E-state index in [9.17, 15) is 4.79 Å². The van der Waals surface area contributed by atoms with Crippen LogP contribution in [0.4, 0.5) is 28.8 Å². The molecule has 0 unspecified atom stereocenters. The van der Waals surface area contributed by atoms with Crippen molar-refractivity contribution in [3.63, 3.8) is 0 Å². The van der Waals surface area contributed by atoms with Gasteiger partial charge >= 0.3 is 0 Å². The Balaban J connectivity index is 1.50. The molecule has 1 aromatic heterocycles. The summed E-state index contributed by atoms with van der Waals surface area (Å²) in [6.45, 7) is 4.73. The summed E-state index contributed by atoms with van der Waals surface area (Å²) >= 11 is 0. The van der Waals surface area contributed by atoms with E-state index < -0.39 is 0 Å². The SMILES string of the molecule is CC(=O)c1ccc(Nc2ccnc(Nc3ccccc3N3CCOCC3)n2)cc1. The molecule has 1 aliphatic heterocycles. The molecule has 2 aromatic carbocycles. The molecular formula is C22H23N5O2. The molecule has 2 N–H and O–H groups in total. The Bertz CT molecular complexity index is 985. The first kappa shape index (κ1) is 18.9. The van der Waals surface area contributed by atoms with E-state index in [-0.39, 0.29) is 5.78 Å². The second-order valence-electron chi connectivity index (χ2n) is 6.77. The predicted octanol–water partition coefficient (Wildman–Crippen LogP) is 4.00. The average Bonchev–Trinajstić information content (AvgIpc) is 2.75. The first-order valence-corrected chi connectivity index (χ1v) is 9.59. The van der Waals surface area contributed by atoms with Gasteiger partial charge in [-0.2, -0.15) is 4.98 Å². The fourth-order valence-corrected chi connectivity index (χ4v) is 3.20. The lowest BCUT2D eigenvalue weighted by molar-refractivity contribution is 0.101. The van der Waals surface area contributed by atoms with Crippen LogP contribution in [0.15, 0.2) is 60.8 Å². The van der Waals surface area contributed by atoms with Crippen LogP contribution in [0, 0.1) is 0 Å². The minimum Gasteiger partial charge on any atom is -0.378 e. The van der Waals surface area contributed by atoms with E-state index in [1.54, 1.807) is 31.3 Å². The Labute approximate surface area is 169 Å². The van der Waals surface area contributed by atoms with E-state index in [4.69, 9.17) is 4.74 Å². The zero-order valence-corrected chi connectivity index (χ0v) is 16.3. The second kappa shape index (κ2) is 8.70. The molecule has 7 nitrogen and oxygen atoms in total. The zero-order chi connectivity index (χ0) is 20.1. The van der Waals surface area contributed by atoms with E-state index in [0.717, 1.165) is 43.4 Å². The number of nitrogens with one attached hydrogen (secondary N) is 2. The lowest BCUT2D eigenvalue weighted by Gasteiger charge is -2.30. The summed E-state index contributed by atoms with van der Waals surface area (Å²) in [5, 5.41) is 6.58. The molecule has 1 aliphatic rings. The second-order valence-corrected chi connectivity index (χ2v) is 6.77. The highest BCUT2D eigenvalue weighted by Crippen LogP contribution is 2.28. The summed E-state index contributed by atoms with van der Waals surface area (Å²) in [6.07, 6.45) is 1.71. The van der Waals surface area contributed by atoms with Crippen molar-refractivity contribution in [3.05, 3.63) is 66.4 Å². The lowest BCUT2D eigenvalue weighted by Crippen LogP contribution is -2.36. The number of ether oxygens (including phenoxy) is 1. The van der Waals surface area contributed by atoms with Gasteiger partial charge in [-0.15, -0.1) is 0 Å². The predicted molar refractivity (Wildman–Crippen MR) is 115 cm³/mol. The van der Waals surface area contributed by atoms with Crippen LogP contribution in [0.1, 0.15) is 17.3 Å². The fourth-order valence-electron chi connectivity index (χ4n) is 3.20. The number of carbonyl (C=O) groups excluding carboxylic acids is 1. The topological polar surface area (TPSA) is 79.4 Å². The maximum absolute atomic E-state index is 11.4. The number of carbonyl (C=O) groups is 1. The van der Waals surface area contributed by atoms with E-state index in [1.807, 2.05) is 30.3 Å². The number of rotatable bonds is 6. The molecule has 0 saturated carbocycles. The van der Waals surface area contributed by atoms with Gasteiger partial charge in [0.15, 0.2) is 5.78 Å². The quantitative estimate of drug-likeness (QED) is 0.617. The Kier molecular flexibility index (Phi) is 5.67. The number of aromatic nitrogens is 2. The molecule has 1 saturated heterocycles. The molecule has 0 aliphatic carbocycles. The van der Waals surface area contributed by atoms with E-state index >= 15 is 0 Å². The normalized spacial score (nSPS) is 13.8. The molecule has 0 atom stereocenters. The van der Waals surface area contributed by atoms with Gasteiger partial charge in [0.2, 0.25) is 5.95 Å². The highest BCUT2D eigenvalue weighted by atomic mass is 16.5. The van der Waals surface area contributed by atoms with Crippen LogP contribution in [-0.2, 0) is 4.74 Å². The van der Waals surface area contributed by atoms with Crippen molar-refractivity contribution < 1.29 is 9.53 Å². The van der Waals surface area contributed by atoms with Gasteiger partial charge in [-0.25, -0.2) is 4.98 Å². The molecule has 7 heteroatoms. The smallest absolute Gasteiger partial charge is 0.229 e. The number of hydrogen-bond acceptors (Lipinski definition) is 7. The van der Waals surface area contributed by atoms with E-state index in [1.165, 1.54) is 0 Å². The Morgan fingerprint density at radius 2 is 1.76 bits per heavy atom. The van der Waals surface area contributed by atoms with Crippen molar-refractivity contribution in [1.29, 1.82) is 0 Å². The molecule has 0 bridgehead atoms. The van der Waals surface area contributed by atoms with E-state index in [0.29, 0.717) is 17.3 Å². The summed E-state index contributed by atoms with van der Waals surface area (Å²) < 4.78 is 5.46. The molecule has 148 valence electrons. The Morgan fingerprint density at radius 3 is 2.52 bits per heavy atom. The maximum atomic E-state index is 11.4. The summed E-state index contributed by atoms with van der Waals surface area (Å²) in [7, 11) is 0. The van der Waals surface area contributed by atoms with Crippen molar-refractivity contribution in [2.75, 3.05) is 41.8 Å². The summed E-state index contributed by atoms with van der Waals surface area (Å²) in [6, 6.07) is 17.2. The largest absolute Gasteiger partial charge is 0.378 e. The third-order valence-electron chi connectivity index (χ3n) is 4.72. The van der Waals surface area contributed by atoms with Crippen molar-refractivity contribution in [2.24, 2.45) is 0 Å². The lowest BCUT2D eigenvalue weighted by atomic mass is 10.1. The highest BCUT2D eigenvalue weighted by Gasteiger charge is 2.15. The number of anilines is 5. The number of nitrogens with zero attached hydrogens (tertiary/aromatic N) is 3. The Morgan fingerprint density at radius 1 is 1.00 bits per heavy atom. The van der Waals surface area contributed by atoms with Gasteiger partial charge in [-0.1, -0.05) is 12.1 Å². The van der Waals surface area contributed by atoms with Crippen LogP contribution < -0.4 is 15.5 Å². The molecular weight excluding hydrogens is 366 g/mol. The van der Waals surface area contributed by atoms with Crippen LogP contribution in [0.2, 0.25) is 0 Å². The van der Waals surface area contributed by atoms with E-state index in [2.05, 4.69) is 31.6 Å². The number of morpholine rings is 1. The van der Waals surface area contributed by atoms with Crippen LogP contribution in [0.25, 0.3) is 0 Å². The summed E-state index contributed by atoms with van der Waals surface area (Å²) in [5.41, 5.74) is 3.60. The third-order valence-corrected chi connectivity index (χ3v) is 4.72. The number of benzene rings is 2. The molecule has 1 fully saturated rings. The molecule has 4 rings (SSSR count). The number of para-hydroxylation sites is 2. The monoisotopic (exact) mass is 389 g/mol. The molecule has 29 heavy (non-hydrogen) atoms. The minimum atomic E-state index is 0.0454. The maximum Gasteiger partial charge on any atom is 0.229 e. The summed E-state index contributed by atoms with van der Waals surface area (Å²) in [5.74, 6) is 1.22. The molecule has 0 radical (unpaired) electrons. The first-order valence-electron chi connectivity index (χ1n) is 9.59. The van der Waals surface area contributed by atoms with Crippen molar-refractivity contribution in [1.82, 2.24) is 9.97 Å². The van der Waals surface area contributed by atoms with Gasteiger partial charge in [-0.3, -0.25) is 4.79 Å². The standard InChI is InChI=1S/C22H23N5O2/c1-16(28)17-6-8-18(9-7-17)24-21-10-11-23-22(26-21)25-19-4-2-3-5-20(19)27-12-14-29-15-13-27/h2-11H,12-15H2,1H3,(H2,23,24,25,26). The first-order chi connectivity index (χ1) is 14.2. The van der Waals surface area contributed by atoms with Crippen molar-refractivity contribution in [3.8, 4) is 0 Å². The third kappa shape index (κ3) is 4.70. The van der Waals surface area contributed by atoms with Crippen molar-refractivity contribution >= 4 is 34.6 Å². The van der Waals surface area contributed by atoms with Gasteiger partial charge < -0.3 is 20.3 Å². The van der Waals surface area contributed by atoms with Gasteiger partial charge in [0.05, 0.1) is 24.6 Å². The Hall–Kier alpha value is -3.45.